The van der Waals surface area contributed by atoms with Crippen LogP contribution in [0.3, 0.4) is 0 Å². The van der Waals surface area contributed by atoms with Crippen molar-refractivity contribution in [3.05, 3.63) is 31.5 Å². The third-order valence-electron chi connectivity index (χ3n) is 3.16. The zero-order valence-electron chi connectivity index (χ0n) is 13.6. The summed E-state index contributed by atoms with van der Waals surface area (Å²) in [4.78, 5) is 25.7. The summed E-state index contributed by atoms with van der Waals surface area (Å²) in [7, 11) is 1.75. The van der Waals surface area contributed by atoms with E-state index in [0.29, 0.717) is 16.3 Å². The summed E-state index contributed by atoms with van der Waals surface area (Å²) in [5.41, 5.74) is 1.58. The van der Waals surface area contributed by atoms with Gasteiger partial charge < -0.3 is 10.1 Å². The Bertz CT molecular complexity index is 764. The molecule has 0 unspecified atom stereocenters. The van der Waals surface area contributed by atoms with Crippen LogP contribution in [0.25, 0.3) is 0 Å². The van der Waals surface area contributed by atoms with Gasteiger partial charge in [0, 0.05) is 18.1 Å². The van der Waals surface area contributed by atoms with Crippen LogP contribution in [0.15, 0.2) is 6.20 Å². The van der Waals surface area contributed by atoms with Gasteiger partial charge in [0.15, 0.2) is 5.69 Å². The third-order valence-corrected chi connectivity index (χ3v) is 5.07. The van der Waals surface area contributed by atoms with Crippen LogP contribution in [-0.4, -0.2) is 27.8 Å². The first-order valence-corrected chi connectivity index (χ1v) is 8.91. The van der Waals surface area contributed by atoms with Gasteiger partial charge in [-0.25, -0.2) is 4.79 Å². The number of thiophene rings is 1. The van der Waals surface area contributed by atoms with Crippen LogP contribution in [0.2, 0.25) is 0 Å². The normalized spacial score (nSPS) is 10.9. The minimum absolute atomic E-state index is 0.220. The number of esters is 1. The molecule has 0 aliphatic heterocycles. The van der Waals surface area contributed by atoms with Crippen molar-refractivity contribution in [3.63, 3.8) is 0 Å². The number of carbonyl (C=O) groups is 2. The Morgan fingerprint density at radius 3 is 2.57 bits per heavy atom. The lowest BCUT2D eigenvalue weighted by Gasteiger charge is -2.10. The van der Waals surface area contributed by atoms with Crippen molar-refractivity contribution in [3.8, 4) is 0 Å². The highest BCUT2D eigenvalue weighted by Crippen LogP contribution is 2.33. The number of aryl methyl sites for hydroxylation is 2. The highest BCUT2D eigenvalue weighted by molar-refractivity contribution is 14.1. The van der Waals surface area contributed by atoms with Crippen molar-refractivity contribution in [2.24, 2.45) is 7.05 Å². The van der Waals surface area contributed by atoms with Gasteiger partial charge in [-0.2, -0.15) is 5.10 Å². The molecule has 6 nitrogen and oxygen atoms in total. The van der Waals surface area contributed by atoms with Crippen molar-refractivity contribution in [1.29, 1.82) is 0 Å². The SMILES string of the molecule is Cc1sc(NC(=O)c2nn(C)cc2I)c(C(=O)OC(C)C)c1C. The molecule has 2 rings (SSSR count). The van der Waals surface area contributed by atoms with Gasteiger partial charge in [0.05, 0.1) is 15.2 Å². The standard InChI is InChI=1S/C15H18IN3O3S/c1-7(2)22-15(21)11-8(3)9(4)23-14(11)17-13(20)12-10(16)6-19(5)18-12/h6-7H,1-5H3,(H,17,20). The summed E-state index contributed by atoms with van der Waals surface area (Å²) in [5, 5.41) is 7.44. The number of nitrogens with one attached hydrogen (secondary N) is 1. The molecular weight excluding hydrogens is 429 g/mol. The third kappa shape index (κ3) is 3.92. The lowest BCUT2D eigenvalue weighted by Crippen LogP contribution is -2.18. The van der Waals surface area contributed by atoms with Gasteiger partial charge in [0.25, 0.3) is 5.91 Å². The van der Waals surface area contributed by atoms with E-state index < -0.39 is 5.97 Å². The maximum Gasteiger partial charge on any atom is 0.341 e. The van der Waals surface area contributed by atoms with Crippen molar-refractivity contribution < 1.29 is 14.3 Å². The Kier molecular flexibility index (Phi) is 5.45. The predicted octanol–water partition coefficient (Wildman–Crippen LogP) is 3.52. The summed E-state index contributed by atoms with van der Waals surface area (Å²) in [6.07, 6.45) is 1.54. The molecule has 0 bridgehead atoms. The van der Waals surface area contributed by atoms with Crippen LogP contribution in [0.1, 0.15) is 45.1 Å². The van der Waals surface area contributed by atoms with E-state index in [-0.39, 0.29) is 12.0 Å². The average Bonchev–Trinajstić information content (AvgIpc) is 2.89. The van der Waals surface area contributed by atoms with Crippen molar-refractivity contribution in [2.75, 3.05) is 5.32 Å². The van der Waals surface area contributed by atoms with Gasteiger partial charge in [0.2, 0.25) is 0 Å². The first-order valence-electron chi connectivity index (χ1n) is 7.02. The van der Waals surface area contributed by atoms with Crippen LogP contribution in [-0.2, 0) is 11.8 Å². The topological polar surface area (TPSA) is 73.2 Å². The molecule has 124 valence electrons. The quantitative estimate of drug-likeness (QED) is 0.575. The lowest BCUT2D eigenvalue weighted by molar-refractivity contribution is 0.0379. The summed E-state index contributed by atoms with van der Waals surface area (Å²) in [6, 6.07) is 0. The molecular formula is C15H18IN3O3S. The van der Waals surface area contributed by atoms with E-state index >= 15 is 0 Å². The number of aromatic nitrogens is 2. The minimum Gasteiger partial charge on any atom is -0.459 e. The lowest BCUT2D eigenvalue weighted by atomic mass is 10.1. The Morgan fingerprint density at radius 2 is 2.04 bits per heavy atom. The fourth-order valence-electron chi connectivity index (χ4n) is 2.01. The number of carbonyl (C=O) groups excluding carboxylic acids is 2. The van der Waals surface area contributed by atoms with Crippen LogP contribution in [0, 0.1) is 17.4 Å². The molecule has 2 aromatic heterocycles. The Balaban J connectivity index is 2.33. The van der Waals surface area contributed by atoms with E-state index in [1.54, 1.807) is 31.8 Å². The van der Waals surface area contributed by atoms with Gasteiger partial charge in [-0.05, 0) is 55.8 Å². The predicted molar refractivity (Wildman–Crippen MR) is 98.2 cm³/mol. The number of anilines is 1. The van der Waals surface area contributed by atoms with E-state index in [2.05, 4.69) is 33.0 Å². The molecule has 1 amide bonds. The molecule has 1 N–H and O–H groups in total. The Labute approximate surface area is 152 Å². The molecule has 0 aromatic carbocycles. The maximum absolute atomic E-state index is 12.4. The summed E-state index contributed by atoms with van der Waals surface area (Å²) in [6.45, 7) is 7.34. The van der Waals surface area contributed by atoms with Gasteiger partial charge in [-0.1, -0.05) is 0 Å². The fraction of sp³-hybridized carbons (Fsp3) is 0.400. The molecule has 0 fully saturated rings. The molecule has 8 heteroatoms. The molecule has 0 saturated heterocycles. The van der Waals surface area contributed by atoms with E-state index in [0.717, 1.165) is 14.0 Å². The molecule has 0 spiro atoms. The second-order valence-corrected chi connectivity index (χ2v) is 7.78. The minimum atomic E-state index is -0.423. The smallest absolute Gasteiger partial charge is 0.341 e. The molecule has 0 atom stereocenters. The van der Waals surface area contributed by atoms with E-state index in [1.807, 2.05) is 13.8 Å². The number of ether oxygens (including phenoxy) is 1. The van der Waals surface area contributed by atoms with Gasteiger partial charge in [-0.15, -0.1) is 11.3 Å². The van der Waals surface area contributed by atoms with Gasteiger partial charge in [-0.3, -0.25) is 9.48 Å². The summed E-state index contributed by atoms with van der Waals surface area (Å²) >= 11 is 3.42. The second kappa shape index (κ2) is 7.00. The molecule has 0 radical (unpaired) electrons. The number of amides is 1. The largest absolute Gasteiger partial charge is 0.459 e. The molecule has 0 aliphatic carbocycles. The monoisotopic (exact) mass is 447 g/mol. The van der Waals surface area contributed by atoms with Crippen LogP contribution < -0.4 is 5.32 Å². The zero-order chi connectivity index (χ0) is 17.3. The molecule has 23 heavy (non-hydrogen) atoms. The average molecular weight is 447 g/mol. The van der Waals surface area contributed by atoms with E-state index in [4.69, 9.17) is 4.74 Å². The first-order chi connectivity index (χ1) is 10.7. The highest BCUT2D eigenvalue weighted by Gasteiger charge is 2.24. The van der Waals surface area contributed by atoms with Gasteiger partial charge >= 0.3 is 5.97 Å². The Hall–Kier alpha value is -1.42. The zero-order valence-corrected chi connectivity index (χ0v) is 16.5. The molecule has 2 aromatic rings. The van der Waals surface area contributed by atoms with Crippen molar-refractivity contribution in [1.82, 2.24) is 9.78 Å². The molecule has 2 heterocycles. The molecule has 0 saturated carbocycles. The van der Waals surface area contributed by atoms with Crippen LogP contribution in [0.5, 0.6) is 0 Å². The highest BCUT2D eigenvalue weighted by atomic mass is 127. The summed E-state index contributed by atoms with van der Waals surface area (Å²) in [5.74, 6) is -0.761. The van der Waals surface area contributed by atoms with Crippen LogP contribution in [0.4, 0.5) is 5.00 Å². The maximum atomic E-state index is 12.4. The number of nitrogens with zero attached hydrogens (tertiary/aromatic N) is 2. The summed E-state index contributed by atoms with van der Waals surface area (Å²) < 4.78 is 7.61. The number of hydrogen-bond donors (Lipinski definition) is 1. The molecule has 0 aliphatic rings. The number of hydrogen-bond acceptors (Lipinski definition) is 5. The van der Waals surface area contributed by atoms with Crippen molar-refractivity contribution >= 4 is 50.8 Å². The number of halogens is 1. The Morgan fingerprint density at radius 1 is 1.39 bits per heavy atom. The first kappa shape index (κ1) is 17.9. The fourth-order valence-corrected chi connectivity index (χ4v) is 3.81. The van der Waals surface area contributed by atoms with E-state index in [1.165, 1.54) is 11.3 Å². The van der Waals surface area contributed by atoms with E-state index in [9.17, 15) is 9.59 Å². The van der Waals surface area contributed by atoms with Gasteiger partial charge in [0.1, 0.15) is 5.00 Å². The van der Waals surface area contributed by atoms with Crippen molar-refractivity contribution in [2.45, 2.75) is 33.8 Å². The number of rotatable bonds is 4. The second-order valence-electron chi connectivity index (χ2n) is 5.39. The van der Waals surface area contributed by atoms with Crippen LogP contribution >= 0.6 is 33.9 Å².